The molecule has 0 saturated carbocycles. The first-order chi connectivity index (χ1) is 16.9. The van der Waals surface area contributed by atoms with Gasteiger partial charge in [-0.25, -0.2) is 0 Å². The Morgan fingerprint density at radius 2 is 1.12 bits per heavy atom. The lowest BCUT2D eigenvalue weighted by molar-refractivity contribution is 0.670. The summed E-state index contributed by atoms with van der Waals surface area (Å²) in [5.41, 5.74) is 6.43. The maximum absolute atomic E-state index is 6.53. The SMILES string of the molecule is c1ccc2c(c1)ccc1[nH]c3c(-c4cccc5c4oc4ccc6ccccc6c45)cccc3c12. The van der Waals surface area contributed by atoms with Crippen LogP contribution in [0.25, 0.3) is 76.4 Å². The highest BCUT2D eigenvalue weighted by Crippen LogP contribution is 2.42. The van der Waals surface area contributed by atoms with E-state index in [0.717, 1.165) is 38.7 Å². The average Bonchev–Trinajstić information content (AvgIpc) is 3.47. The van der Waals surface area contributed by atoms with Crippen LogP contribution in [0.3, 0.4) is 0 Å². The first-order valence-electron chi connectivity index (χ1n) is 11.6. The third-order valence-corrected chi connectivity index (χ3v) is 7.20. The molecule has 0 radical (unpaired) electrons. The van der Waals surface area contributed by atoms with Crippen LogP contribution in [0.4, 0.5) is 0 Å². The summed E-state index contributed by atoms with van der Waals surface area (Å²) in [4.78, 5) is 3.72. The van der Waals surface area contributed by atoms with E-state index in [1.165, 1.54) is 37.7 Å². The quantitative estimate of drug-likeness (QED) is 0.275. The van der Waals surface area contributed by atoms with Crippen molar-refractivity contribution in [1.82, 2.24) is 4.98 Å². The molecule has 8 aromatic rings. The standard InChI is InChI=1S/C32H19NO/c1-3-9-21-19(7-1)15-17-27-29(21)25-13-5-11-23(31(25)33-27)24-12-6-14-26-30-22-10-4-2-8-20(22)16-18-28(30)34-32(24)26/h1-18,33H. The third-order valence-electron chi connectivity index (χ3n) is 7.20. The van der Waals surface area contributed by atoms with Gasteiger partial charge in [-0.3, -0.25) is 0 Å². The normalized spacial score (nSPS) is 12.1. The highest BCUT2D eigenvalue weighted by atomic mass is 16.3. The smallest absolute Gasteiger partial charge is 0.143 e. The van der Waals surface area contributed by atoms with Crippen LogP contribution in [0.2, 0.25) is 0 Å². The Balaban J connectivity index is 1.50. The minimum atomic E-state index is 0.927. The molecule has 2 aromatic heterocycles. The number of hydrogen-bond donors (Lipinski definition) is 1. The molecular weight excluding hydrogens is 414 g/mol. The van der Waals surface area contributed by atoms with Crippen LogP contribution in [-0.2, 0) is 0 Å². The van der Waals surface area contributed by atoms with Gasteiger partial charge < -0.3 is 9.40 Å². The van der Waals surface area contributed by atoms with Gasteiger partial charge in [0.25, 0.3) is 0 Å². The Morgan fingerprint density at radius 1 is 0.471 bits per heavy atom. The second kappa shape index (κ2) is 6.49. The lowest BCUT2D eigenvalue weighted by Gasteiger charge is -2.05. The van der Waals surface area contributed by atoms with Gasteiger partial charge in [0.15, 0.2) is 0 Å². The first kappa shape index (κ1) is 17.9. The van der Waals surface area contributed by atoms with Gasteiger partial charge in [0, 0.05) is 38.2 Å². The molecule has 0 amide bonds. The summed E-state index contributed by atoms with van der Waals surface area (Å²) >= 11 is 0. The van der Waals surface area contributed by atoms with Crippen molar-refractivity contribution in [2.24, 2.45) is 0 Å². The number of benzene rings is 6. The Kier molecular flexibility index (Phi) is 3.42. The topological polar surface area (TPSA) is 28.9 Å². The molecule has 0 fully saturated rings. The van der Waals surface area contributed by atoms with E-state index >= 15 is 0 Å². The predicted molar refractivity (Wildman–Crippen MR) is 144 cm³/mol. The molecule has 2 heteroatoms. The zero-order chi connectivity index (χ0) is 22.2. The van der Waals surface area contributed by atoms with Crippen LogP contribution in [0.1, 0.15) is 0 Å². The Morgan fingerprint density at radius 3 is 1.94 bits per heavy atom. The number of fused-ring (bicyclic) bond motifs is 10. The summed E-state index contributed by atoms with van der Waals surface area (Å²) in [6.45, 7) is 0. The van der Waals surface area contributed by atoms with Crippen molar-refractivity contribution < 1.29 is 4.42 Å². The van der Waals surface area contributed by atoms with E-state index in [-0.39, 0.29) is 0 Å². The van der Waals surface area contributed by atoms with Crippen molar-refractivity contribution in [3.63, 3.8) is 0 Å². The van der Waals surface area contributed by atoms with E-state index < -0.39 is 0 Å². The van der Waals surface area contributed by atoms with E-state index in [2.05, 4.69) is 114 Å². The molecule has 158 valence electrons. The minimum absolute atomic E-state index is 0.927. The molecule has 2 nitrogen and oxygen atoms in total. The molecule has 8 rings (SSSR count). The molecule has 0 bridgehead atoms. The van der Waals surface area contributed by atoms with E-state index in [9.17, 15) is 0 Å². The molecule has 0 spiro atoms. The molecule has 0 aliphatic carbocycles. The van der Waals surface area contributed by atoms with Crippen LogP contribution in [0.15, 0.2) is 114 Å². The average molecular weight is 434 g/mol. The molecule has 2 heterocycles. The monoisotopic (exact) mass is 433 g/mol. The fourth-order valence-electron chi connectivity index (χ4n) is 5.70. The zero-order valence-electron chi connectivity index (χ0n) is 18.3. The largest absolute Gasteiger partial charge is 0.455 e. The lowest BCUT2D eigenvalue weighted by atomic mass is 9.97. The van der Waals surface area contributed by atoms with E-state index in [0.29, 0.717) is 0 Å². The summed E-state index contributed by atoms with van der Waals surface area (Å²) in [5.74, 6) is 0. The second-order valence-corrected chi connectivity index (χ2v) is 9.01. The zero-order valence-corrected chi connectivity index (χ0v) is 18.3. The maximum atomic E-state index is 6.53. The summed E-state index contributed by atoms with van der Waals surface area (Å²) in [6, 6.07) is 38.8. The Bertz CT molecular complexity index is 1920. The van der Waals surface area contributed by atoms with Gasteiger partial charge in [0.05, 0.1) is 5.52 Å². The van der Waals surface area contributed by atoms with Crippen LogP contribution in [-0.4, -0.2) is 4.98 Å². The van der Waals surface area contributed by atoms with Gasteiger partial charge in [-0.1, -0.05) is 97.1 Å². The second-order valence-electron chi connectivity index (χ2n) is 9.01. The van der Waals surface area contributed by atoms with Crippen molar-refractivity contribution in [2.45, 2.75) is 0 Å². The highest BCUT2D eigenvalue weighted by Gasteiger charge is 2.17. The van der Waals surface area contributed by atoms with Crippen molar-refractivity contribution in [2.75, 3.05) is 0 Å². The fourth-order valence-corrected chi connectivity index (χ4v) is 5.70. The highest BCUT2D eigenvalue weighted by molar-refractivity contribution is 6.24. The molecule has 0 saturated heterocycles. The van der Waals surface area contributed by atoms with Gasteiger partial charge in [-0.15, -0.1) is 0 Å². The molecule has 34 heavy (non-hydrogen) atoms. The summed E-state index contributed by atoms with van der Waals surface area (Å²) in [5, 5.41) is 9.84. The van der Waals surface area contributed by atoms with Crippen molar-refractivity contribution >= 4 is 65.3 Å². The summed E-state index contributed by atoms with van der Waals surface area (Å²) < 4.78 is 6.53. The number of para-hydroxylation sites is 2. The molecule has 0 aliphatic heterocycles. The number of aromatic nitrogens is 1. The molecule has 0 unspecified atom stereocenters. The van der Waals surface area contributed by atoms with Crippen LogP contribution in [0.5, 0.6) is 0 Å². The van der Waals surface area contributed by atoms with Crippen molar-refractivity contribution in [3.05, 3.63) is 109 Å². The van der Waals surface area contributed by atoms with Crippen LogP contribution >= 0.6 is 0 Å². The lowest BCUT2D eigenvalue weighted by Crippen LogP contribution is -1.81. The van der Waals surface area contributed by atoms with Crippen molar-refractivity contribution in [3.8, 4) is 11.1 Å². The van der Waals surface area contributed by atoms with Gasteiger partial charge in [0.2, 0.25) is 0 Å². The third kappa shape index (κ3) is 2.29. The van der Waals surface area contributed by atoms with E-state index in [1.807, 2.05) is 0 Å². The van der Waals surface area contributed by atoms with Crippen LogP contribution < -0.4 is 0 Å². The first-order valence-corrected chi connectivity index (χ1v) is 11.6. The summed E-state index contributed by atoms with van der Waals surface area (Å²) in [6.07, 6.45) is 0. The number of nitrogens with one attached hydrogen (secondary N) is 1. The van der Waals surface area contributed by atoms with Gasteiger partial charge in [-0.2, -0.15) is 0 Å². The number of aromatic amines is 1. The Labute approximate surface area is 195 Å². The molecule has 1 N–H and O–H groups in total. The van der Waals surface area contributed by atoms with Gasteiger partial charge in [0.1, 0.15) is 11.2 Å². The molecule has 0 aliphatic rings. The number of hydrogen-bond acceptors (Lipinski definition) is 1. The van der Waals surface area contributed by atoms with Gasteiger partial charge in [-0.05, 0) is 33.7 Å². The molecule has 0 atom stereocenters. The fraction of sp³-hybridized carbons (Fsp3) is 0. The number of H-pyrrole nitrogens is 1. The van der Waals surface area contributed by atoms with Crippen LogP contribution in [0, 0.1) is 0 Å². The maximum Gasteiger partial charge on any atom is 0.143 e. The molecule has 6 aromatic carbocycles. The van der Waals surface area contributed by atoms with Gasteiger partial charge >= 0.3 is 0 Å². The predicted octanol–water partition coefficient (Wildman–Crippen LogP) is 9.19. The van der Waals surface area contributed by atoms with E-state index in [4.69, 9.17) is 4.42 Å². The minimum Gasteiger partial charge on any atom is -0.455 e. The number of furan rings is 1. The number of rotatable bonds is 1. The Hall–Kier alpha value is -4.56. The molecular formula is C32H19NO. The summed E-state index contributed by atoms with van der Waals surface area (Å²) in [7, 11) is 0. The van der Waals surface area contributed by atoms with E-state index in [1.54, 1.807) is 0 Å². The van der Waals surface area contributed by atoms with Crippen molar-refractivity contribution in [1.29, 1.82) is 0 Å².